The van der Waals surface area contributed by atoms with Crippen LogP contribution in [-0.2, 0) is 25.6 Å². The summed E-state index contributed by atoms with van der Waals surface area (Å²) in [6.45, 7) is 9.38. The number of nitrogens with two attached hydrogens (primary N) is 1. The van der Waals surface area contributed by atoms with Crippen LogP contribution < -0.4 is 5.73 Å². The Balaban J connectivity index is 1.87. The molecule has 2 aliphatic rings. The van der Waals surface area contributed by atoms with Gasteiger partial charge in [-0.1, -0.05) is 45.7 Å². The molecule has 0 aliphatic carbocycles. The molecule has 2 saturated heterocycles. The standard InChI is InChI=1S/C27H41ClN2O6S/c1-6-17-24(33)15(2)8-7-9-27(5)21(36-27)11-19(18(28)10-16-14-37-22(13-29)30-16)35-23(32)12-20(31)26(3,4)25(17)34/h10,14-15,17,19-21,24,31,33H,6-9,11-13,29H2,1-5H3. The predicted octanol–water partition coefficient (Wildman–Crippen LogP) is 4.19. The Labute approximate surface area is 228 Å². The average molecular weight is 557 g/mol. The Kier molecular flexibility index (Phi) is 9.97. The number of ketones is 1. The van der Waals surface area contributed by atoms with Crippen LogP contribution in [0.3, 0.4) is 0 Å². The molecule has 37 heavy (non-hydrogen) atoms. The number of hydrogen-bond acceptors (Lipinski definition) is 9. The van der Waals surface area contributed by atoms with Gasteiger partial charge in [-0.15, -0.1) is 11.3 Å². The molecule has 0 saturated carbocycles. The number of ether oxygens (including phenoxy) is 2. The number of rotatable bonds is 4. The molecule has 10 heteroatoms. The number of thiazole rings is 1. The van der Waals surface area contributed by atoms with Crippen molar-refractivity contribution in [1.29, 1.82) is 0 Å². The van der Waals surface area contributed by atoms with Crippen molar-refractivity contribution in [3.8, 4) is 0 Å². The molecule has 0 spiro atoms. The second-order valence-electron chi connectivity index (χ2n) is 11.2. The third kappa shape index (κ3) is 7.19. The molecule has 208 valence electrons. The zero-order chi connectivity index (χ0) is 27.5. The highest BCUT2D eigenvalue weighted by Gasteiger charge is 2.53. The van der Waals surface area contributed by atoms with Crippen LogP contribution in [0.15, 0.2) is 10.4 Å². The maximum absolute atomic E-state index is 13.4. The Bertz CT molecular complexity index is 997. The summed E-state index contributed by atoms with van der Waals surface area (Å²) in [7, 11) is 0. The van der Waals surface area contributed by atoms with Crippen molar-refractivity contribution in [1.82, 2.24) is 4.98 Å². The Morgan fingerprint density at radius 3 is 2.65 bits per heavy atom. The van der Waals surface area contributed by atoms with Gasteiger partial charge in [-0.2, -0.15) is 0 Å². The lowest BCUT2D eigenvalue weighted by Crippen LogP contribution is -2.46. The summed E-state index contributed by atoms with van der Waals surface area (Å²) >= 11 is 8.07. The highest BCUT2D eigenvalue weighted by molar-refractivity contribution is 7.09. The van der Waals surface area contributed by atoms with Gasteiger partial charge in [0.15, 0.2) is 0 Å². The fourth-order valence-corrected chi connectivity index (χ4v) is 6.00. The minimum absolute atomic E-state index is 0.0952. The maximum atomic E-state index is 13.4. The highest BCUT2D eigenvalue weighted by Crippen LogP contribution is 2.45. The minimum atomic E-state index is -1.28. The maximum Gasteiger partial charge on any atom is 0.309 e. The van der Waals surface area contributed by atoms with E-state index >= 15 is 0 Å². The van der Waals surface area contributed by atoms with Gasteiger partial charge in [0, 0.05) is 24.3 Å². The number of nitrogens with zero attached hydrogens (tertiary/aromatic N) is 1. The van der Waals surface area contributed by atoms with E-state index in [-0.39, 0.29) is 29.8 Å². The second kappa shape index (κ2) is 12.2. The van der Waals surface area contributed by atoms with Gasteiger partial charge < -0.3 is 25.4 Å². The largest absolute Gasteiger partial charge is 0.456 e. The summed E-state index contributed by atoms with van der Waals surface area (Å²) in [5, 5.41) is 24.9. The van der Waals surface area contributed by atoms with Crippen molar-refractivity contribution < 1.29 is 29.3 Å². The van der Waals surface area contributed by atoms with Crippen molar-refractivity contribution in [2.75, 3.05) is 0 Å². The number of cyclic esters (lactones) is 1. The molecule has 1 aromatic heterocycles. The molecule has 0 aromatic carbocycles. The van der Waals surface area contributed by atoms with Crippen LogP contribution in [0.4, 0.5) is 0 Å². The van der Waals surface area contributed by atoms with Crippen LogP contribution >= 0.6 is 22.9 Å². The molecule has 0 bridgehead atoms. The van der Waals surface area contributed by atoms with Crippen molar-refractivity contribution in [2.24, 2.45) is 23.0 Å². The van der Waals surface area contributed by atoms with E-state index in [2.05, 4.69) is 4.98 Å². The average Bonchev–Trinajstić information content (AvgIpc) is 3.24. The minimum Gasteiger partial charge on any atom is -0.456 e. The molecule has 2 aliphatic heterocycles. The lowest BCUT2D eigenvalue weighted by Gasteiger charge is -2.35. The van der Waals surface area contributed by atoms with E-state index in [1.165, 1.54) is 11.3 Å². The Hall–Kier alpha value is -1.36. The SMILES string of the molecule is CCC1C(=O)C(C)(C)C(O)CC(=O)OC(C(Cl)=Cc2csc(CN)n2)CC2OC2(C)CCCC(C)C1O. The zero-order valence-corrected chi connectivity index (χ0v) is 24.0. The van der Waals surface area contributed by atoms with E-state index < -0.39 is 35.6 Å². The molecule has 8 nitrogen and oxygen atoms in total. The molecule has 3 heterocycles. The van der Waals surface area contributed by atoms with Gasteiger partial charge in [-0.25, -0.2) is 4.98 Å². The summed E-state index contributed by atoms with van der Waals surface area (Å²) in [4.78, 5) is 30.8. The molecule has 2 fully saturated rings. The molecule has 3 rings (SSSR count). The van der Waals surface area contributed by atoms with Crippen LogP contribution in [-0.4, -0.2) is 57.0 Å². The number of epoxide rings is 1. The van der Waals surface area contributed by atoms with E-state index in [0.717, 1.165) is 24.3 Å². The van der Waals surface area contributed by atoms with Gasteiger partial charge in [0.05, 0.1) is 46.5 Å². The van der Waals surface area contributed by atoms with Gasteiger partial charge in [0.25, 0.3) is 0 Å². The molecular formula is C27H41ClN2O6S. The molecule has 7 unspecified atom stereocenters. The number of halogens is 1. The summed E-state index contributed by atoms with van der Waals surface area (Å²) in [6, 6.07) is 0. The topological polar surface area (TPSA) is 135 Å². The normalized spacial score (nSPS) is 36.1. The molecule has 0 amide bonds. The Morgan fingerprint density at radius 2 is 2.03 bits per heavy atom. The lowest BCUT2D eigenvalue weighted by molar-refractivity contribution is -0.154. The number of aliphatic hydroxyl groups excluding tert-OH is 2. The number of aliphatic hydroxyl groups is 2. The number of carbonyl (C=O) groups is 2. The highest BCUT2D eigenvalue weighted by atomic mass is 35.5. The first-order valence-electron chi connectivity index (χ1n) is 13.1. The van der Waals surface area contributed by atoms with Crippen molar-refractivity contribution in [3.05, 3.63) is 21.1 Å². The molecule has 1 aromatic rings. The Morgan fingerprint density at radius 1 is 1.32 bits per heavy atom. The fourth-order valence-electron chi connectivity index (χ4n) is 5.13. The summed E-state index contributed by atoms with van der Waals surface area (Å²) < 4.78 is 11.8. The van der Waals surface area contributed by atoms with Crippen LogP contribution in [0, 0.1) is 17.3 Å². The van der Waals surface area contributed by atoms with E-state index in [9.17, 15) is 19.8 Å². The summed E-state index contributed by atoms with van der Waals surface area (Å²) in [6.07, 6.45) is 1.37. The molecule has 0 radical (unpaired) electrons. The first kappa shape index (κ1) is 30.2. The third-order valence-electron chi connectivity index (χ3n) is 8.01. The van der Waals surface area contributed by atoms with Gasteiger partial charge in [0.2, 0.25) is 0 Å². The summed E-state index contributed by atoms with van der Waals surface area (Å²) in [5.74, 6) is -1.65. The quantitative estimate of drug-likeness (QED) is 0.371. The van der Waals surface area contributed by atoms with Crippen molar-refractivity contribution in [2.45, 2.75) is 110 Å². The van der Waals surface area contributed by atoms with Gasteiger partial charge in [-0.3, -0.25) is 9.59 Å². The van der Waals surface area contributed by atoms with Crippen LogP contribution in [0.5, 0.6) is 0 Å². The second-order valence-corrected chi connectivity index (χ2v) is 12.6. The molecular weight excluding hydrogens is 516 g/mol. The number of Topliss-reactive ketones (excluding diaryl/α,β-unsaturated/α-hetero) is 1. The predicted molar refractivity (Wildman–Crippen MR) is 144 cm³/mol. The van der Waals surface area contributed by atoms with E-state index in [1.54, 1.807) is 19.9 Å². The number of aromatic nitrogens is 1. The number of esters is 1. The van der Waals surface area contributed by atoms with Crippen LogP contribution in [0.1, 0.15) is 83.8 Å². The van der Waals surface area contributed by atoms with E-state index in [0.29, 0.717) is 30.1 Å². The smallest absolute Gasteiger partial charge is 0.309 e. The van der Waals surface area contributed by atoms with Crippen molar-refractivity contribution in [3.63, 3.8) is 0 Å². The monoisotopic (exact) mass is 556 g/mol. The zero-order valence-electron chi connectivity index (χ0n) is 22.4. The third-order valence-corrected chi connectivity index (χ3v) is 9.25. The first-order valence-corrected chi connectivity index (χ1v) is 14.4. The summed E-state index contributed by atoms with van der Waals surface area (Å²) in [5.41, 5.74) is 4.67. The number of fused-ring (bicyclic) bond motifs is 1. The number of hydrogen-bond donors (Lipinski definition) is 3. The first-order chi connectivity index (χ1) is 17.3. The van der Waals surface area contributed by atoms with Crippen molar-refractivity contribution >= 4 is 40.8 Å². The van der Waals surface area contributed by atoms with E-state index in [4.69, 9.17) is 26.8 Å². The van der Waals surface area contributed by atoms with Gasteiger partial charge in [-0.05, 0) is 38.2 Å². The lowest BCUT2D eigenvalue weighted by atomic mass is 9.71. The molecule has 4 N–H and O–H groups in total. The van der Waals surface area contributed by atoms with Crippen LogP contribution in [0.2, 0.25) is 0 Å². The number of carbonyl (C=O) groups excluding carboxylic acids is 2. The fraction of sp³-hybridized carbons (Fsp3) is 0.741. The van der Waals surface area contributed by atoms with Gasteiger partial charge >= 0.3 is 5.97 Å². The van der Waals surface area contributed by atoms with Crippen LogP contribution in [0.25, 0.3) is 6.08 Å². The molecule has 7 atom stereocenters. The van der Waals surface area contributed by atoms with Gasteiger partial charge in [0.1, 0.15) is 16.9 Å². The van der Waals surface area contributed by atoms with E-state index in [1.807, 2.05) is 26.2 Å².